The van der Waals surface area contributed by atoms with Crippen LogP contribution in [-0.2, 0) is 46.6 Å². The van der Waals surface area contributed by atoms with Crippen LogP contribution in [0.5, 0.6) is 0 Å². The zero-order valence-corrected chi connectivity index (χ0v) is 40.1. The number of allylic oxidation sites excluding steroid dienone is 3. The number of hydrogen-bond donors (Lipinski definition) is 6. The van der Waals surface area contributed by atoms with Gasteiger partial charge in [0.05, 0.1) is 32.0 Å². The molecule has 1 aliphatic carbocycles. The second-order valence-electron chi connectivity index (χ2n) is 17.3. The number of carbonyl (C=O) groups excluding carboxylic acids is 3. The van der Waals surface area contributed by atoms with Crippen molar-refractivity contribution in [2.45, 2.75) is 199 Å². The third kappa shape index (κ3) is 33.3. The molecule has 1 rings (SSSR count). The predicted molar refractivity (Wildman–Crippen MR) is 240 cm³/mol. The summed E-state index contributed by atoms with van der Waals surface area (Å²) in [7, 11) is -9.78. The number of unbranched alkanes of at least 4 members (excludes halogenated alkanes) is 15. The average Bonchev–Trinajstić information content (AvgIpc) is 3.49. The zero-order valence-electron chi connectivity index (χ0n) is 38.3. The number of esters is 2. The van der Waals surface area contributed by atoms with Crippen molar-refractivity contribution in [2.75, 3.05) is 26.4 Å². The Morgan fingerprint density at radius 2 is 1.27 bits per heavy atom. The van der Waals surface area contributed by atoms with Gasteiger partial charge < -0.3 is 39.5 Å². The second kappa shape index (κ2) is 35.4. The molecule has 6 N–H and O–H groups in total. The molecule has 0 aromatic heterocycles. The van der Waals surface area contributed by atoms with Crippen molar-refractivity contribution in [1.82, 2.24) is 0 Å². The second-order valence-corrected chi connectivity index (χ2v) is 20.0. The molecule has 7 atom stereocenters. The van der Waals surface area contributed by atoms with Crippen molar-refractivity contribution in [3.05, 3.63) is 24.3 Å². The lowest BCUT2D eigenvalue weighted by Gasteiger charge is -2.20. The molecule has 1 aliphatic rings. The number of phosphoric ester groups is 2. The maximum absolute atomic E-state index is 12.8. The molecule has 0 aliphatic heterocycles. The number of carbonyl (C=O) groups is 3. The monoisotopic (exact) mass is 941 g/mol. The Labute approximate surface area is 376 Å². The summed E-state index contributed by atoms with van der Waals surface area (Å²) in [6, 6.07) is 0. The lowest BCUT2D eigenvalue weighted by Crippen LogP contribution is -2.29. The van der Waals surface area contributed by atoms with E-state index in [1.54, 1.807) is 12.2 Å². The van der Waals surface area contributed by atoms with Crippen molar-refractivity contribution < 1.29 is 76.6 Å². The van der Waals surface area contributed by atoms with Crippen LogP contribution in [0, 0.1) is 17.8 Å². The van der Waals surface area contributed by atoms with Gasteiger partial charge in [-0.1, -0.05) is 148 Å². The summed E-state index contributed by atoms with van der Waals surface area (Å²) >= 11 is 0. The van der Waals surface area contributed by atoms with Gasteiger partial charge in [0.15, 0.2) is 6.10 Å². The van der Waals surface area contributed by atoms with Crippen LogP contribution in [0.1, 0.15) is 175 Å². The molecule has 1 saturated carbocycles. The SMILES string of the molecule is CCCCC[C@H](O)/C=C/[C@H]1C(=O)C[C@H](O)[C@@H]1C/C=C\CCCC(=O)O[C@H](COC(=O)CCCCCCCCCCCCCCCC(C)C)COP(=O)(O)OC[C@@H](O)COP(=O)(O)O. The molecule has 0 spiro atoms. The fourth-order valence-electron chi connectivity index (χ4n) is 7.22. The molecule has 1 unspecified atom stereocenters. The molecular formula is C45H82O16P2. The van der Waals surface area contributed by atoms with Crippen LogP contribution in [0.2, 0.25) is 0 Å². The highest BCUT2D eigenvalue weighted by Gasteiger charge is 2.39. The number of hydrogen-bond acceptors (Lipinski definition) is 13. The minimum Gasteiger partial charge on any atom is -0.462 e. The fourth-order valence-corrected chi connectivity index (χ4v) is 8.38. The summed E-state index contributed by atoms with van der Waals surface area (Å²) in [5.41, 5.74) is 0. The smallest absolute Gasteiger partial charge is 0.462 e. The molecule has 1 fully saturated rings. The van der Waals surface area contributed by atoms with Gasteiger partial charge in [0.1, 0.15) is 18.5 Å². The van der Waals surface area contributed by atoms with Gasteiger partial charge in [-0.15, -0.1) is 0 Å². The van der Waals surface area contributed by atoms with Crippen LogP contribution in [0.3, 0.4) is 0 Å². The van der Waals surface area contributed by atoms with Crippen molar-refractivity contribution in [2.24, 2.45) is 17.8 Å². The molecular weight excluding hydrogens is 858 g/mol. The van der Waals surface area contributed by atoms with E-state index >= 15 is 0 Å². The summed E-state index contributed by atoms with van der Waals surface area (Å²) in [4.78, 5) is 65.5. The van der Waals surface area contributed by atoms with E-state index in [1.165, 1.54) is 57.8 Å². The summed E-state index contributed by atoms with van der Waals surface area (Å²) in [5.74, 6) is -1.32. The van der Waals surface area contributed by atoms with Crippen LogP contribution in [0.15, 0.2) is 24.3 Å². The number of Topliss-reactive ketones (excluding diaryl/α,β-unsaturated/α-hetero) is 1. The molecule has 0 bridgehead atoms. The summed E-state index contributed by atoms with van der Waals surface area (Å²) in [6.07, 6.45) is 24.0. The van der Waals surface area contributed by atoms with Crippen LogP contribution >= 0.6 is 15.6 Å². The first kappa shape index (κ1) is 59.2. The van der Waals surface area contributed by atoms with Gasteiger partial charge in [0, 0.05) is 31.1 Å². The first-order valence-electron chi connectivity index (χ1n) is 23.5. The van der Waals surface area contributed by atoms with Crippen LogP contribution in [-0.4, -0.2) is 98.6 Å². The van der Waals surface area contributed by atoms with Gasteiger partial charge in [-0.05, 0) is 38.0 Å². The lowest BCUT2D eigenvalue weighted by molar-refractivity contribution is -0.161. The molecule has 0 aromatic carbocycles. The molecule has 0 amide bonds. The Hall–Kier alpha value is -1.81. The van der Waals surface area contributed by atoms with Crippen LogP contribution < -0.4 is 0 Å². The quantitative estimate of drug-likeness (QED) is 0.0145. The van der Waals surface area contributed by atoms with Gasteiger partial charge in [0.25, 0.3) is 0 Å². The highest BCUT2D eigenvalue weighted by atomic mass is 31.2. The third-order valence-corrected chi connectivity index (χ3v) is 12.3. The Morgan fingerprint density at radius 1 is 0.714 bits per heavy atom. The average molecular weight is 941 g/mol. The zero-order chi connectivity index (χ0) is 46.9. The number of rotatable bonds is 40. The maximum atomic E-state index is 12.8. The predicted octanol–water partition coefficient (Wildman–Crippen LogP) is 8.73. The third-order valence-electron chi connectivity index (χ3n) is 10.9. The molecule has 368 valence electrons. The van der Waals surface area contributed by atoms with E-state index in [0.29, 0.717) is 32.1 Å². The number of ketones is 1. The Balaban J connectivity index is 2.54. The number of ether oxygens (including phenoxy) is 2. The molecule has 18 heteroatoms. The topological polar surface area (TPSA) is 253 Å². The van der Waals surface area contributed by atoms with Crippen LogP contribution in [0.4, 0.5) is 0 Å². The van der Waals surface area contributed by atoms with E-state index in [2.05, 4.69) is 29.8 Å². The van der Waals surface area contributed by atoms with Crippen molar-refractivity contribution in [3.63, 3.8) is 0 Å². The highest BCUT2D eigenvalue weighted by Crippen LogP contribution is 2.44. The molecule has 0 aromatic rings. The Kier molecular flexibility index (Phi) is 33.3. The summed E-state index contributed by atoms with van der Waals surface area (Å²) in [6.45, 7) is 3.68. The maximum Gasteiger partial charge on any atom is 0.472 e. The van der Waals surface area contributed by atoms with E-state index in [9.17, 15) is 43.7 Å². The normalized spacial score (nSPS) is 19.5. The van der Waals surface area contributed by atoms with Crippen LogP contribution in [0.25, 0.3) is 0 Å². The summed E-state index contributed by atoms with van der Waals surface area (Å²) < 4.78 is 47.8. The number of phosphoric acid groups is 2. The van der Waals surface area contributed by atoms with E-state index in [0.717, 1.165) is 50.9 Å². The van der Waals surface area contributed by atoms with E-state index in [4.69, 9.17) is 23.8 Å². The van der Waals surface area contributed by atoms with Gasteiger partial charge >= 0.3 is 27.6 Å². The fraction of sp³-hybridized carbons (Fsp3) is 0.844. The van der Waals surface area contributed by atoms with Crippen molar-refractivity contribution in [3.8, 4) is 0 Å². The first-order valence-corrected chi connectivity index (χ1v) is 26.5. The largest absolute Gasteiger partial charge is 0.472 e. The van der Waals surface area contributed by atoms with E-state index in [1.807, 2.05) is 12.2 Å². The standard InChI is InChI=1S/C45H82O16P2/c1-4-5-19-25-37(46)29-30-41-40(42(48)31-43(41)49)26-21-17-18-23-28-45(51)61-39(35-60-63(55,56)59-33-38(47)32-58-62(52,53)54)34-57-44(50)27-22-16-14-12-10-8-6-7-9-11-13-15-20-24-36(2)3/h17,21,29-30,36-42,46-48H,4-16,18-20,22-28,31-35H2,1-3H3,(H,55,56)(H2,52,53,54)/b21-17-,30-29+/t37-,38-,39+,40+,41+,42-/m0/s1. The highest BCUT2D eigenvalue weighted by molar-refractivity contribution is 7.47. The molecule has 63 heavy (non-hydrogen) atoms. The van der Waals surface area contributed by atoms with Gasteiger partial charge in [-0.3, -0.25) is 28.0 Å². The molecule has 0 radical (unpaired) electrons. The minimum atomic E-state index is -4.90. The van der Waals surface area contributed by atoms with Gasteiger partial charge in [0.2, 0.25) is 0 Å². The number of aliphatic hydroxyl groups is 3. The van der Waals surface area contributed by atoms with E-state index < -0.39 is 84.3 Å². The number of aliphatic hydroxyl groups excluding tert-OH is 3. The van der Waals surface area contributed by atoms with Crippen molar-refractivity contribution in [1.29, 1.82) is 0 Å². The first-order chi connectivity index (χ1) is 29.9. The van der Waals surface area contributed by atoms with Gasteiger partial charge in [-0.2, -0.15) is 0 Å². The molecule has 0 heterocycles. The Morgan fingerprint density at radius 3 is 1.87 bits per heavy atom. The minimum absolute atomic E-state index is 0.0544. The van der Waals surface area contributed by atoms with Gasteiger partial charge in [-0.25, -0.2) is 9.13 Å². The molecule has 16 nitrogen and oxygen atoms in total. The lowest BCUT2D eigenvalue weighted by atomic mass is 9.90. The van der Waals surface area contributed by atoms with E-state index in [-0.39, 0.29) is 31.0 Å². The van der Waals surface area contributed by atoms with Crippen molar-refractivity contribution >= 4 is 33.4 Å². The molecule has 0 saturated heterocycles. The summed E-state index contributed by atoms with van der Waals surface area (Å²) in [5, 5.41) is 30.5. The Bertz CT molecular complexity index is 1380.